The molecule has 5 heteroatoms. The van der Waals surface area contributed by atoms with Crippen LogP contribution in [-0.2, 0) is 10.2 Å². The van der Waals surface area contributed by atoms with Crippen LogP contribution in [0, 0.1) is 13.8 Å². The van der Waals surface area contributed by atoms with Crippen molar-refractivity contribution >= 4 is 5.78 Å². The average Bonchev–Trinajstić information content (AvgIpc) is 2.71. The molecule has 1 aromatic heterocycles. The van der Waals surface area contributed by atoms with Gasteiger partial charge in [0.15, 0.2) is 11.2 Å². The first-order chi connectivity index (χ1) is 13.7. The molecular weight excluding hydrogens is 368 g/mol. The lowest BCUT2D eigenvalue weighted by molar-refractivity contribution is 0.0975. The topological polar surface area (TPSA) is 76.7 Å². The summed E-state index contributed by atoms with van der Waals surface area (Å²) >= 11 is 0. The Morgan fingerprint density at radius 2 is 1.62 bits per heavy atom. The maximum Gasteiger partial charge on any atom is 0.199 e. The van der Waals surface area contributed by atoms with Crippen molar-refractivity contribution in [3.8, 4) is 17.1 Å². The first kappa shape index (κ1) is 20.9. The molecular formula is C24H28O5. The minimum absolute atomic E-state index is 0.113. The van der Waals surface area contributed by atoms with Crippen molar-refractivity contribution in [3.63, 3.8) is 0 Å². The van der Waals surface area contributed by atoms with Gasteiger partial charge >= 0.3 is 0 Å². The lowest BCUT2D eigenvalue weighted by atomic mass is 9.69. The number of Topliss-reactive ketones (excluding diaryl/α,β-unsaturated/α-hetero) is 1. The van der Waals surface area contributed by atoms with E-state index in [4.69, 9.17) is 9.15 Å². The average molecular weight is 396 g/mol. The van der Waals surface area contributed by atoms with Crippen LogP contribution in [0.15, 0.2) is 38.7 Å². The molecule has 0 aliphatic heterocycles. The Bertz CT molecular complexity index is 1040. The van der Waals surface area contributed by atoms with E-state index in [1.807, 2.05) is 20.8 Å². The molecule has 1 aliphatic rings. The first-order valence-electron chi connectivity index (χ1n) is 10.1. The fourth-order valence-corrected chi connectivity index (χ4v) is 4.46. The largest absolute Gasteiger partial charge is 0.507 e. The maximum atomic E-state index is 13.1. The van der Waals surface area contributed by atoms with E-state index in [-0.39, 0.29) is 22.5 Å². The van der Waals surface area contributed by atoms with Crippen molar-refractivity contribution in [3.05, 3.63) is 62.2 Å². The van der Waals surface area contributed by atoms with Gasteiger partial charge in [-0.25, -0.2) is 0 Å². The second-order valence-corrected chi connectivity index (χ2v) is 7.62. The lowest BCUT2D eigenvalue weighted by Crippen LogP contribution is -2.39. The Kier molecular flexibility index (Phi) is 5.44. The molecule has 29 heavy (non-hydrogen) atoms. The molecule has 0 bridgehead atoms. The molecule has 5 nitrogen and oxygen atoms in total. The summed E-state index contributed by atoms with van der Waals surface area (Å²) in [6, 6.07) is 4.94. The molecule has 0 spiro atoms. The SMILES string of the molecule is CCC1=C(OC)C(CC)(CC)c2oc(-c3cc(C)c(O)c(C)c3)cc(=O)c2C1=O. The molecule has 1 aliphatic carbocycles. The zero-order valence-electron chi connectivity index (χ0n) is 17.9. The van der Waals surface area contributed by atoms with Gasteiger partial charge in [-0.3, -0.25) is 9.59 Å². The number of ether oxygens (including phenoxy) is 1. The van der Waals surface area contributed by atoms with Gasteiger partial charge in [0.05, 0.1) is 12.5 Å². The number of aryl methyl sites for hydroxylation is 2. The summed E-state index contributed by atoms with van der Waals surface area (Å²) in [5.41, 5.74) is 1.72. The molecule has 3 rings (SSSR count). The first-order valence-corrected chi connectivity index (χ1v) is 10.1. The van der Waals surface area contributed by atoms with Gasteiger partial charge in [-0.05, 0) is 56.4 Å². The molecule has 0 atom stereocenters. The normalized spacial score (nSPS) is 15.4. The predicted molar refractivity (Wildman–Crippen MR) is 112 cm³/mol. The zero-order valence-corrected chi connectivity index (χ0v) is 17.9. The molecule has 0 saturated heterocycles. The molecule has 2 aromatic rings. The second kappa shape index (κ2) is 7.54. The number of methoxy groups -OCH3 is 1. The Labute approximate surface area is 171 Å². The van der Waals surface area contributed by atoms with Crippen LogP contribution in [0.2, 0.25) is 0 Å². The van der Waals surface area contributed by atoms with E-state index in [2.05, 4.69) is 0 Å². The zero-order chi connectivity index (χ0) is 21.5. The number of hydrogen-bond acceptors (Lipinski definition) is 5. The van der Waals surface area contributed by atoms with Crippen molar-refractivity contribution < 1.29 is 19.1 Å². The van der Waals surface area contributed by atoms with E-state index >= 15 is 0 Å². The Balaban J connectivity index is 2.37. The van der Waals surface area contributed by atoms with Gasteiger partial charge in [0.2, 0.25) is 0 Å². The van der Waals surface area contributed by atoms with E-state index in [9.17, 15) is 14.7 Å². The van der Waals surface area contributed by atoms with Crippen LogP contribution in [0.25, 0.3) is 11.3 Å². The van der Waals surface area contributed by atoms with Gasteiger partial charge in [-0.2, -0.15) is 0 Å². The summed E-state index contributed by atoms with van der Waals surface area (Å²) in [4.78, 5) is 26.2. The highest BCUT2D eigenvalue weighted by atomic mass is 16.5. The lowest BCUT2D eigenvalue weighted by Gasteiger charge is -2.37. The van der Waals surface area contributed by atoms with E-state index < -0.39 is 5.41 Å². The molecule has 1 heterocycles. The monoisotopic (exact) mass is 396 g/mol. The number of allylic oxidation sites excluding steroid dienone is 2. The smallest absolute Gasteiger partial charge is 0.199 e. The summed E-state index contributed by atoms with van der Waals surface area (Å²) < 4.78 is 12.0. The van der Waals surface area contributed by atoms with Gasteiger partial charge in [-0.15, -0.1) is 0 Å². The number of hydrogen-bond donors (Lipinski definition) is 1. The van der Waals surface area contributed by atoms with E-state index in [0.717, 1.165) is 0 Å². The predicted octanol–water partition coefficient (Wildman–Crippen LogP) is 5.19. The maximum absolute atomic E-state index is 13.1. The number of benzene rings is 1. The fourth-order valence-electron chi connectivity index (χ4n) is 4.46. The van der Waals surface area contributed by atoms with Crippen LogP contribution < -0.4 is 5.43 Å². The van der Waals surface area contributed by atoms with Crippen LogP contribution in [-0.4, -0.2) is 18.0 Å². The number of aromatic hydroxyl groups is 1. The number of carbonyl (C=O) groups is 1. The highest BCUT2D eigenvalue weighted by molar-refractivity contribution is 6.11. The van der Waals surface area contributed by atoms with Crippen molar-refractivity contribution in [2.75, 3.05) is 7.11 Å². The molecule has 0 fully saturated rings. The molecule has 0 amide bonds. The fraction of sp³-hybridized carbons (Fsp3) is 0.417. The number of phenolic OH excluding ortho intramolecular Hbond substituents is 1. The molecule has 1 N–H and O–H groups in total. The summed E-state index contributed by atoms with van der Waals surface area (Å²) in [6.07, 6.45) is 1.76. The summed E-state index contributed by atoms with van der Waals surface area (Å²) in [5, 5.41) is 10.1. The standard InChI is InChI=1S/C24H28O5/c1-7-16-21(27)19-17(25)12-18(15-10-13(4)20(26)14(5)11-15)29-23(19)24(8-2,9-3)22(16)28-6/h10-12,26H,7-9H2,1-6H3. The Hall–Kier alpha value is -2.82. The summed E-state index contributed by atoms with van der Waals surface area (Å²) in [7, 11) is 1.57. The van der Waals surface area contributed by atoms with Gasteiger partial charge in [0.1, 0.15) is 28.6 Å². The minimum Gasteiger partial charge on any atom is -0.507 e. The van der Waals surface area contributed by atoms with Gasteiger partial charge < -0.3 is 14.3 Å². The van der Waals surface area contributed by atoms with Crippen molar-refractivity contribution in [2.45, 2.75) is 59.3 Å². The third kappa shape index (κ3) is 3.00. The number of phenols is 1. The van der Waals surface area contributed by atoms with E-state index in [1.54, 1.807) is 33.1 Å². The third-order valence-electron chi connectivity index (χ3n) is 6.13. The number of rotatable bonds is 5. The van der Waals surface area contributed by atoms with E-state index in [0.29, 0.717) is 58.8 Å². The number of fused-ring (bicyclic) bond motifs is 1. The minimum atomic E-state index is -0.667. The summed E-state index contributed by atoms with van der Waals surface area (Å²) in [5.74, 6) is 1.27. The van der Waals surface area contributed by atoms with E-state index in [1.165, 1.54) is 6.07 Å². The highest BCUT2D eigenvalue weighted by Crippen LogP contribution is 2.47. The van der Waals surface area contributed by atoms with Crippen molar-refractivity contribution in [1.29, 1.82) is 0 Å². The van der Waals surface area contributed by atoms with Gasteiger partial charge in [0.25, 0.3) is 0 Å². The van der Waals surface area contributed by atoms with Crippen LogP contribution >= 0.6 is 0 Å². The van der Waals surface area contributed by atoms with Crippen LogP contribution in [0.3, 0.4) is 0 Å². The van der Waals surface area contributed by atoms with Gasteiger partial charge in [0, 0.05) is 17.2 Å². The molecule has 0 saturated carbocycles. The number of ketones is 1. The molecule has 0 unspecified atom stereocenters. The molecule has 1 aromatic carbocycles. The van der Waals surface area contributed by atoms with Crippen LogP contribution in [0.1, 0.15) is 67.3 Å². The van der Waals surface area contributed by atoms with Crippen molar-refractivity contribution in [2.24, 2.45) is 0 Å². The van der Waals surface area contributed by atoms with Gasteiger partial charge in [-0.1, -0.05) is 20.8 Å². The second-order valence-electron chi connectivity index (χ2n) is 7.62. The van der Waals surface area contributed by atoms with Crippen LogP contribution in [0.4, 0.5) is 0 Å². The number of carbonyl (C=O) groups excluding carboxylic acids is 1. The molecule has 0 radical (unpaired) electrons. The Morgan fingerprint density at radius 1 is 1.03 bits per heavy atom. The highest BCUT2D eigenvalue weighted by Gasteiger charge is 2.47. The van der Waals surface area contributed by atoms with Crippen LogP contribution in [0.5, 0.6) is 5.75 Å². The quantitative estimate of drug-likeness (QED) is 0.752. The summed E-state index contributed by atoms with van der Waals surface area (Å²) in [6.45, 7) is 9.51. The Morgan fingerprint density at radius 3 is 2.10 bits per heavy atom. The van der Waals surface area contributed by atoms with Crippen molar-refractivity contribution in [1.82, 2.24) is 0 Å². The third-order valence-corrected chi connectivity index (χ3v) is 6.13. The molecule has 154 valence electrons.